The van der Waals surface area contributed by atoms with Gasteiger partial charge in [-0.3, -0.25) is 0 Å². The van der Waals surface area contributed by atoms with Crippen LogP contribution < -0.4 is 5.32 Å². The Kier molecular flexibility index (Phi) is 5.49. The first-order valence-corrected chi connectivity index (χ1v) is 6.45. The molecule has 0 aromatic heterocycles. The van der Waals surface area contributed by atoms with Crippen molar-refractivity contribution in [1.82, 2.24) is 5.32 Å². The van der Waals surface area contributed by atoms with E-state index in [1.807, 2.05) is 20.8 Å². The lowest BCUT2D eigenvalue weighted by Gasteiger charge is -2.29. The number of rotatable bonds is 3. The van der Waals surface area contributed by atoms with Gasteiger partial charge in [0.2, 0.25) is 0 Å². The summed E-state index contributed by atoms with van der Waals surface area (Å²) in [5, 5.41) is 2.90. The summed E-state index contributed by atoms with van der Waals surface area (Å²) >= 11 is 0. The molecule has 1 fully saturated rings. The monoisotopic (exact) mass is 253 g/mol. The Morgan fingerprint density at radius 3 is 2.44 bits per heavy atom. The van der Waals surface area contributed by atoms with Crippen molar-refractivity contribution < 1.29 is 14.3 Å². The number of carbonyl (C=O) groups excluding carboxylic acids is 1. The summed E-state index contributed by atoms with van der Waals surface area (Å²) in [7, 11) is 0. The van der Waals surface area contributed by atoms with Gasteiger partial charge in [0.05, 0.1) is 6.10 Å². The predicted octanol–water partition coefficient (Wildman–Crippen LogP) is 2.47. The maximum atomic E-state index is 11.6. The molecule has 4 heteroatoms. The van der Waals surface area contributed by atoms with E-state index in [9.17, 15) is 4.79 Å². The highest BCUT2D eigenvalue weighted by Gasteiger charge is 2.24. The van der Waals surface area contributed by atoms with Gasteiger partial charge in [0.25, 0.3) is 0 Å². The van der Waals surface area contributed by atoms with Crippen LogP contribution in [0.4, 0.5) is 4.79 Å². The molecule has 4 nitrogen and oxygen atoms in total. The van der Waals surface area contributed by atoms with Gasteiger partial charge in [0.15, 0.2) is 0 Å². The first-order chi connectivity index (χ1) is 8.40. The van der Waals surface area contributed by atoms with Crippen LogP contribution in [0.1, 0.15) is 46.5 Å². The molecule has 0 unspecified atom stereocenters. The van der Waals surface area contributed by atoms with E-state index in [-0.39, 0.29) is 18.2 Å². The largest absolute Gasteiger partial charge is 0.444 e. The Morgan fingerprint density at radius 2 is 1.94 bits per heavy atom. The summed E-state index contributed by atoms with van der Waals surface area (Å²) in [5.74, 6) is 2.47. The summed E-state index contributed by atoms with van der Waals surface area (Å²) in [6.45, 7) is 5.94. The minimum Gasteiger partial charge on any atom is -0.444 e. The third kappa shape index (κ3) is 5.92. The maximum Gasteiger partial charge on any atom is 0.407 e. The fourth-order valence-electron chi connectivity index (χ4n) is 2.01. The average molecular weight is 253 g/mol. The van der Waals surface area contributed by atoms with Crippen LogP contribution in [0.25, 0.3) is 0 Å². The molecule has 102 valence electrons. The first-order valence-electron chi connectivity index (χ1n) is 6.45. The van der Waals surface area contributed by atoms with Crippen molar-refractivity contribution >= 4 is 6.09 Å². The number of amides is 1. The van der Waals surface area contributed by atoms with E-state index in [0.717, 1.165) is 25.7 Å². The molecule has 1 aliphatic rings. The molecule has 0 aromatic carbocycles. The molecule has 1 saturated carbocycles. The molecular formula is C14H23NO3. The quantitative estimate of drug-likeness (QED) is 0.786. The molecular weight excluding hydrogens is 230 g/mol. The summed E-state index contributed by atoms with van der Waals surface area (Å²) < 4.78 is 10.7. The Hall–Kier alpha value is -1.21. The van der Waals surface area contributed by atoms with Crippen molar-refractivity contribution in [3.8, 4) is 12.3 Å². The number of nitrogens with one attached hydrogen (secondary N) is 1. The molecule has 0 spiro atoms. The van der Waals surface area contributed by atoms with E-state index in [1.54, 1.807) is 0 Å². The number of alkyl carbamates (subject to hydrolysis) is 1. The molecule has 18 heavy (non-hydrogen) atoms. The second kappa shape index (κ2) is 6.65. The summed E-state index contributed by atoms with van der Waals surface area (Å²) in [5.41, 5.74) is -0.447. The van der Waals surface area contributed by atoms with E-state index in [0.29, 0.717) is 6.61 Å². The zero-order valence-corrected chi connectivity index (χ0v) is 11.5. The second-order valence-corrected chi connectivity index (χ2v) is 5.63. The molecule has 1 rings (SSSR count). The van der Waals surface area contributed by atoms with Crippen LogP contribution in [0.3, 0.4) is 0 Å². The van der Waals surface area contributed by atoms with E-state index < -0.39 is 5.60 Å². The fraction of sp³-hybridized carbons (Fsp3) is 0.786. The summed E-state index contributed by atoms with van der Waals surface area (Å²) in [4.78, 5) is 11.6. The van der Waals surface area contributed by atoms with Crippen LogP contribution >= 0.6 is 0 Å². The number of terminal acetylenes is 1. The van der Waals surface area contributed by atoms with Crippen LogP contribution in [-0.4, -0.2) is 30.4 Å². The summed E-state index contributed by atoms with van der Waals surface area (Å²) in [6, 6.07) is 0.186. The smallest absolute Gasteiger partial charge is 0.407 e. The molecule has 0 bridgehead atoms. The van der Waals surface area contributed by atoms with Crippen molar-refractivity contribution in [2.45, 2.75) is 64.2 Å². The number of carbonyl (C=O) groups is 1. The highest BCUT2D eigenvalue weighted by molar-refractivity contribution is 5.68. The standard InChI is InChI=1S/C14H23NO3/c1-5-10-17-12-8-6-11(7-9-12)15-13(16)18-14(2,3)4/h1,11-12H,6-10H2,2-4H3,(H,15,16). The third-order valence-electron chi connectivity index (χ3n) is 2.80. The first kappa shape index (κ1) is 14.8. The molecule has 1 amide bonds. The van der Waals surface area contributed by atoms with E-state index in [1.165, 1.54) is 0 Å². The van der Waals surface area contributed by atoms with E-state index >= 15 is 0 Å². The Balaban J connectivity index is 2.23. The van der Waals surface area contributed by atoms with E-state index in [2.05, 4.69) is 11.2 Å². The number of hydrogen-bond acceptors (Lipinski definition) is 3. The van der Waals surface area contributed by atoms with Gasteiger partial charge in [0.1, 0.15) is 12.2 Å². The Morgan fingerprint density at radius 1 is 1.33 bits per heavy atom. The lowest BCUT2D eigenvalue weighted by atomic mass is 9.93. The topological polar surface area (TPSA) is 47.6 Å². The van der Waals surface area contributed by atoms with Crippen LogP contribution in [0.5, 0.6) is 0 Å². The predicted molar refractivity (Wildman–Crippen MR) is 70.2 cm³/mol. The minimum atomic E-state index is -0.447. The van der Waals surface area contributed by atoms with Crippen molar-refractivity contribution in [1.29, 1.82) is 0 Å². The van der Waals surface area contributed by atoms with Crippen molar-refractivity contribution in [3.63, 3.8) is 0 Å². The molecule has 1 aliphatic carbocycles. The highest BCUT2D eigenvalue weighted by atomic mass is 16.6. The van der Waals surface area contributed by atoms with Gasteiger partial charge in [-0.1, -0.05) is 5.92 Å². The van der Waals surface area contributed by atoms with Gasteiger partial charge in [-0.05, 0) is 46.5 Å². The summed E-state index contributed by atoms with van der Waals surface area (Å²) in [6.07, 6.45) is 8.73. The number of hydrogen-bond donors (Lipinski definition) is 1. The molecule has 0 saturated heterocycles. The Bertz CT molecular complexity index is 306. The van der Waals surface area contributed by atoms with Gasteiger partial charge < -0.3 is 14.8 Å². The second-order valence-electron chi connectivity index (χ2n) is 5.63. The van der Waals surface area contributed by atoms with Gasteiger partial charge in [-0.15, -0.1) is 6.42 Å². The molecule has 0 aliphatic heterocycles. The lowest BCUT2D eigenvalue weighted by molar-refractivity contribution is 0.0321. The molecule has 0 heterocycles. The van der Waals surface area contributed by atoms with Crippen LogP contribution in [-0.2, 0) is 9.47 Å². The third-order valence-corrected chi connectivity index (χ3v) is 2.80. The average Bonchev–Trinajstić information content (AvgIpc) is 2.25. The van der Waals surface area contributed by atoms with Gasteiger partial charge in [-0.2, -0.15) is 0 Å². The lowest BCUT2D eigenvalue weighted by Crippen LogP contribution is -2.41. The molecule has 0 aromatic rings. The van der Waals surface area contributed by atoms with E-state index in [4.69, 9.17) is 15.9 Å². The van der Waals surface area contributed by atoms with Crippen LogP contribution in [0, 0.1) is 12.3 Å². The molecule has 0 atom stereocenters. The zero-order chi connectivity index (χ0) is 13.6. The van der Waals surface area contributed by atoms with Crippen LogP contribution in [0.15, 0.2) is 0 Å². The number of ether oxygens (including phenoxy) is 2. The Labute approximate surface area is 109 Å². The van der Waals surface area contributed by atoms with Crippen molar-refractivity contribution in [3.05, 3.63) is 0 Å². The highest BCUT2D eigenvalue weighted by Crippen LogP contribution is 2.21. The zero-order valence-electron chi connectivity index (χ0n) is 11.5. The fourth-order valence-corrected chi connectivity index (χ4v) is 2.01. The molecule has 0 radical (unpaired) electrons. The van der Waals surface area contributed by atoms with Crippen LogP contribution in [0.2, 0.25) is 0 Å². The van der Waals surface area contributed by atoms with Gasteiger partial charge in [0, 0.05) is 6.04 Å². The van der Waals surface area contributed by atoms with Crippen molar-refractivity contribution in [2.24, 2.45) is 0 Å². The molecule has 1 N–H and O–H groups in total. The van der Waals surface area contributed by atoms with Gasteiger partial charge >= 0.3 is 6.09 Å². The normalized spacial score (nSPS) is 24.1. The van der Waals surface area contributed by atoms with Crippen molar-refractivity contribution in [2.75, 3.05) is 6.61 Å². The SMILES string of the molecule is C#CCOC1CCC(NC(=O)OC(C)(C)C)CC1. The minimum absolute atomic E-state index is 0.186. The van der Waals surface area contributed by atoms with Gasteiger partial charge in [-0.25, -0.2) is 4.79 Å². The maximum absolute atomic E-state index is 11.6.